The first-order valence-corrected chi connectivity index (χ1v) is 7.54. The van der Waals surface area contributed by atoms with Gasteiger partial charge in [0.15, 0.2) is 0 Å². The van der Waals surface area contributed by atoms with Gasteiger partial charge in [0.2, 0.25) is 5.91 Å². The number of nitrogens with one attached hydrogen (secondary N) is 1. The minimum atomic E-state index is -4.97. The van der Waals surface area contributed by atoms with Gasteiger partial charge >= 0.3 is 12.1 Å². The third kappa shape index (κ3) is 3.06. The van der Waals surface area contributed by atoms with E-state index in [9.17, 15) is 22.8 Å². The van der Waals surface area contributed by atoms with Crippen molar-refractivity contribution in [3.8, 4) is 0 Å². The average Bonchev–Trinajstić information content (AvgIpc) is 3.03. The Labute approximate surface area is 136 Å². The number of anilines is 1. The molecule has 0 spiro atoms. The van der Waals surface area contributed by atoms with E-state index >= 15 is 0 Å². The number of rotatable bonds is 2. The van der Waals surface area contributed by atoms with Crippen LogP contribution in [0, 0.1) is 0 Å². The number of carbonyl (C=O) groups excluding carboxylic acids is 2. The summed E-state index contributed by atoms with van der Waals surface area (Å²) < 4.78 is 38.0. The Morgan fingerprint density at radius 2 is 1.79 bits per heavy atom. The van der Waals surface area contributed by atoms with Gasteiger partial charge in [0.1, 0.15) is 6.04 Å². The van der Waals surface area contributed by atoms with Crippen molar-refractivity contribution in [3.63, 3.8) is 0 Å². The van der Waals surface area contributed by atoms with E-state index in [2.05, 4.69) is 5.32 Å². The Hall–Kier alpha value is -2.57. The molecule has 0 aliphatic carbocycles. The third-order valence-corrected chi connectivity index (χ3v) is 4.11. The number of nitrogens with zero attached hydrogens (tertiary/aromatic N) is 1. The van der Waals surface area contributed by atoms with Crippen molar-refractivity contribution in [2.45, 2.75) is 25.1 Å². The van der Waals surface area contributed by atoms with E-state index in [1.807, 2.05) is 30.3 Å². The number of likely N-dealkylation sites (tertiary alicyclic amines) is 1. The molecule has 3 rings (SSSR count). The summed E-state index contributed by atoms with van der Waals surface area (Å²) in [5, 5.41) is 4.36. The molecule has 0 aromatic heterocycles. The summed E-state index contributed by atoms with van der Waals surface area (Å²) in [6.07, 6.45) is -4.38. The van der Waals surface area contributed by atoms with Crippen LogP contribution in [0.5, 0.6) is 0 Å². The Balaban J connectivity index is 1.82. The molecule has 0 bridgehead atoms. The summed E-state index contributed by atoms with van der Waals surface area (Å²) in [5.41, 5.74) is 0.518. The van der Waals surface area contributed by atoms with Gasteiger partial charge in [0, 0.05) is 17.6 Å². The van der Waals surface area contributed by atoms with Crippen LogP contribution in [-0.4, -0.2) is 35.5 Å². The van der Waals surface area contributed by atoms with Crippen LogP contribution < -0.4 is 5.32 Å². The van der Waals surface area contributed by atoms with Crippen LogP contribution in [0.3, 0.4) is 0 Å². The molecule has 1 fully saturated rings. The van der Waals surface area contributed by atoms with Crippen LogP contribution in [0.1, 0.15) is 12.8 Å². The van der Waals surface area contributed by atoms with E-state index in [0.29, 0.717) is 17.0 Å². The quantitative estimate of drug-likeness (QED) is 0.914. The van der Waals surface area contributed by atoms with Gasteiger partial charge in [-0.3, -0.25) is 9.59 Å². The fraction of sp³-hybridized carbons (Fsp3) is 0.294. The van der Waals surface area contributed by atoms with Gasteiger partial charge in [0.05, 0.1) is 0 Å². The van der Waals surface area contributed by atoms with Crippen molar-refractivity contribution in [1.82, 2.24) is 4.90 Å². The molecule has 0 saturated carbocycles. The van der Waals surface area contributed by atoms with E-state index in [1.54, 1.807) is 12.1 Å². The lowest BCUT2D eigenvalue weighted by atomic mass is 10.1. The van der Waals surface area contributed by atoms with Crippen LogP contribution in [0.15, 0.2) is 42.5 Å². The summed E-state index contributed by atoms with van der Waals surface area (Å²) in [6, 6.07) is 11.6. The van der Waals surface area contributed by atoms with Crippen molar-refractivity contribution >= 4 is 28.3 Å². The maximum Gasteiger partial charge on any atom is 0.471 e. The van der Waals surface area contributed by atoms with Crippen molar-refractivity contribution in [1.29, 1.82) is 0 Å². The summed E-state index contributed by atoms with van der Waals surface area (Å²) in [5.74, 6) is -2.56. The zero-order valence-corrected chi connectivity index (χ0v) is 12.6. The predicted octanol–water partition coefficient (Wildman–Crippen LogP) is 3.33. The number of amides is 2. The molecular weight excluding hydrogens is 321 g/mol. The standard InChI is InChI=1S/C17H15F3N2O2/c18-17(19,20)16(24)22-10-4-9-14(22)15(23)21-13-8-3-6-11-5-1-2-7-12(11)13/h1-3,5-8,14H,4,9-10H2,(H,21,23). The molecular formula is C17H15F3N2O2. The topological polar surface area (TPSA) is 49.4 Å². The van der Waals surface area contributed by atoms with Gasteiger partial charge in [-0.1, -0.05) is 36.4 Å². The van der Waals surface area contributed by atoms with Crippen LogP contribution in [-0.2, 0) is 9.59 Å². The van der Waals surface area contributed by atoms with Gasteiger partial charge in [-0.15, -0.1) is 0 Å². The highest BCUT2D eigenvalue weighted by molar-refractivity contribution is 6.05. The molecule has 1 heterocycles. The molecule has 1 N–H and O–H groups in total. The van der Waals surface area contributed by atoms with E-state index in [-0.39, 0.29) is 13.0 Å². The zero-order chi connectivity index (χ0) is 17.3. The van der Waals surface area contributed by atoms with Crippen molar-refractivity contribution in [2.24, 2.45) is 0 Å². The van der Waals surface area contributed by atoms with Crippen LogP contribution in [0.4, 0.5) is 18.9 Å². The second-order valence-electron chi connectivity index (χ2n) is 5.67. The second-order valence-corrected chi connectivity index (χ2v) is 5.67. The van der Waals surface area contributed by atoms with E-state index in [4.69, 9.17) is 0 Å². The molecule has 4 nitrogen and oxygen atoms in total. The van der Waals surface area contributed by atoms with Gasteiger partial charge in [-0.05, 0) is 24.3 Å². The van der Waals surface area contributed by atoms with Gasteiger partial charge in [-0.2, -0.15) is 13.2 Å². The number of hydrogen-bond donors (Lipinski definition) is 1. The number of halogens is 3. The number of carbonyl (C=O) groups is 2. The summed E-state index contributed by atoms with van der Waals surface area (Å²) >= 11 is 0. The Bertz CT molecular complexity index is 783. The molecule has 126 valence electrons. The minimum Gasteiger partial charge on any atom is -0.324 e. The third-order valence-electron chi connectivity index (χ3n) is 4.11. The Kier molecular flexibility index (Phi) is 4.17. The highest BCUT2D eigenvalue weighted by Crippen LogP contribution is 2.28. The molecule has 1 aliphatic rings. The molecule has 1 unspecified atom stereocenters. The first-order valence-electron chi connectivity index (χ1n) is 7.54. The number of benzene rings is 2. The number of hydrogen-bond acceptors (Lipinski definition) is 2. The Morgan fingerprint density at radius 3 is 2.54 bits per heavy atom. The smallest absolute Gasteiger partial charge is 0.324 e. The van der Waals surface area contributed by atoms with Crippen LogP contribution >= 0.6 is 0 Å². The SMILES string of the molecule is O=C(Nc1cccc2ccccc12)C1CCCN1C(=O)C(F)(F)F. The van der Waals surface area contributed by atoms with Crippen LogP contribution in [0.2, 0.25) is 0 Å². The lowest BCUT2D eigenvalue weighted by molar-refractivity contribution is -0.186. The molecule has 24 heavy (non-hydrogen) atoms. The normalized spacial score (nSPS) is 18.0. The summed E-state index contributed by atoms with van der Waals surface area (Å²) in [7, 11) is 0. The van der Waals surface area contributed by atoms with Gasteiger partial charge in [0.25, 0.3) is 0 Å². The number of fused-ring (bicyclic) bond motifs is 1. The maximum atomic E-state index is 12.7. The van der Waals surface area contributed by atoms with E-state index < -0.39 is 24.0 Å². The molecule has 0 radical (unpaired) electrons. The summed E-state index contributed by atoms with van der Waals surface area (Å²) in [6.45, 7) is -0.0635. The molecule has 2 aromatic carbocycles. The largest absolute Gasteiger partial charge is 0.471 e. The zero-order valence-electron chi connectivity index (χ0n) is 12.6. The number of alkyl halides is 3. The van der Waals surface area contributed by atoms with Crippen molar-refractivity contribution in [3.05, 3.63) is 42.5 Å². The molecule has 2 aromatic rings. The minimum absolute atomic E-state index is 0.0635. The molecule has 1 aliphatic heterocycles. The molecule has 2 amide bonds. The highest BCUT2D eigenvalue weighted by atomic mass is 19.4. The monoisotopic (exact) mass is 336 g/mol. The first kappa shape index (κ1) is 16.3. The van der Waals surface area contributed by atoms with E-state index in [0.717, 1.165) is 10.8 Å². The average molecular weight is 336 g/mol. The van der Waals surface area contributed by atoms with Crippen molar-refractivity contribution in [2.75, 3.05) is 11.9 Å². The highest BCUT2D eigenvalue weighted by Gasteiger charge is 2.47. The fourth-order valence-corrected chi connectivity index (χ4v) is 3.00. The molecule has 7 heteroatoms. The summed E-state index contributed by atoms with van der Waals surface area (Å²) in [4.78, 5) is 24.5. The van der Waals surface area contributed by atoms with E-state index in [1.165, 1.54) is 0 Å². The maximum absolute atomic E-state index is 12.7. The molecule has 1 atom stereocenters. The lowest BCUT2D eigenvalue weighted by Crippen LogP contribution is -2.48. The van der Waals surface area contributed by atoms with Gasteiger partial charge in [-0.25, -0.2) is 0 Å². The van der Waals surface area contributed by atoms with Crippen LogP contribution in [0.25, 0.3) is 10.8 Å². The fourth-order valence-electron chi connectivity index (χ4n) is 3.00. The van der Waals surface area contributed by atoms with Gasteiger partial charge < -0.3 is 10.2 Å². The van der Waals surface area contributed by atoms with Crippen molar-refractivity contribution < 1.29 is 22.8 Å². The first-order chi connectivity index (χ1) is 11.4. The second kappa shape index (κ2) is 6.14. The lowest BCUT2D eigenvalue weighted by Gasteiger charge is -2.25. The molecule has 1 saturated heterocycles. The predicted molar refractivity (Wildman–Crippen MR) is 83.4 cm³/mol. The Morgan fingerprint density at radius 1 is 1.08 bits per heavy atom.